The molecular weight excluding hydrogens is 325 g/mol. The van der Waals surface area contributed by atoms with Crippen LogP contribution in [0.25, 0.3) is 21.6 Å². The second-order valence-corrected chi connectivity index (χ2v) is 6.74. The second kappa shape index (κ2) is 6.18. The van der Waals surface area contributed by atoms with E-state index in [-0.39, 0.29) is 0 Å². The molecule has 3 nitrogen and oxygen atoms in total. The van der Waals surface area contributed by atoms with Crippen LogP contribution in [-0.4, -0.2) is 16.5 Å². The molecule has 0 saturated carbocycles. The van der Waals surface area contributed by atoms with Crippen molar-refractivity contribution in [3.63, 3.8) is 0 Å². The smallest absolute Gasteiger partial charge is 0.172 e. The fourth-order valence-corrected chi connectivity index (χ4v) is 3.17. The van der Waals surface area contributed by atoms with Crippen LogP contribution >= 0.6 is 34.5 Å². The van der Waals surface area contributed by atoms with E-state index in [1.807, 2.05) is 30.3 Å². The summed E-state index contributed by atoms with van der Waals surface area (Å²) in [5.41, 5.74) is 0.868. The number of rotatable bonds is 4. The van der Waals surface area contributed by atoms with Crippen LogP contribution in [0, 0.1) is 0 Å². The Bertz CT molecular complexity index is 786. The summed E-state index contributed by atoms with van der Waals surface area (Å²) in [4.78, 5) is 10.2. The highest BCUT2D eigenvalue weighted by atomic mass is 35.5. The van der Waals surface area contributed by atoms with Crippen LogP contribution in [-0.2, 0) is 0 Å². The lowest BCUT2D eigenvalue weighted by atomic mass is 10.2. The lowest BCUT2D eigenvalue weighted by Gasteiger charge is -2.10. The van der Waals surface area contributed by atoms with Crippen LogP contribution in [0.15, 0.2) is 30.3 Å². The number of hydrogen-bond acceptors (Lipinski definition) is 4. The first-order valence-electron chi connectivity index (χ1n) is 6.64. The van der Waals surface area contributed by atoms with E-state index in [1.165, 1.54) is 11.3 Å². The fraction of sp³-hybridized carbons (Fsp3) is 0.200. The van der Waals surface area contributed by atoms with Crippen LogP contribution in [0.4, 0.5) is 5.82 Å². The number of hydrogen-bond donors (Lipinski definition) is 1. The van der Waals surface area contributed by atoms with Crippen LogP contribution in [0.3, 0.4) is 0 Å². The van der Waals surface area contributed by atoms with E-state index >= 15 is 0 Å². The van der Waals surface area contributed by atoms with E-state index < -0.39 is 0 Å². The van der Waals surface area contributed by atoms with Crippen molar-refractivity contribution < 1.29 is 0 Å². The molecule has 1 aromatic carbocycles. The van der Waals surface area contributed by atoms with Crippen LogP contribution in [0.5, 0.6) is 0 Å². The number of nitrogens with zero attached hydrogens (tertiary/aromatic N) is 2. The molecular formula is C15H13Cl2N3S. The van der Waals surface area contributed by atoms with Gasteiger partial charge in [-0.1, -0.05) is 30.1 Å². The summed E-state index contributed by atoms with van der Waals surface area (Å²) >= 11 is 13.6. The molecule has 0 aliphatic rings. The van der Waals surface area contributed by atoms with Crippen LogP contribution < -0.4 is 5.32 Å². The Morgan fingerprint density at radius 3 is 2.71 bits per heavy atom. The van der Waals surface area contributed by atoms with E-state index in [1.54, 1.807) is 0 Å². The first-order chi connectivity index (χ1) is 10.2. The summed E-state index contributed by atoms with van der Waals surface area (Å²) in [6, 6.07) is 9.44. The number of halogens is 2. The predicted molar refractivity (Wildman–Crippen MR) is 91.7 cm³/mol. The molecule has 3 aromatic rings. The number of fused-ring (bicyclic) bond motifs is 1. The second-order valence-electron chi connectivity index (χ2n) is 4.59. The van der Waals surface area contributed by atoms with Gasteiger partial charge in [0.1, 0.15) is 5.82 Å². The third-order valence-corrected chi connectivity index (χ3v) is 4.46. The molecule has 0 aliphatic carbocycles. The minimum atomic E-state index is 0.678. The minimum Gasteiger partial charge on any atom is -0.369 e. The lowest BCUT2D eigenvalue weighted by molar-refractivity contribution is 0.970. The van der Waals surface area contributed by atoms with Gasteiger partial charge in [0.2, 0.25) is 0 Å². The molecule has 108 valence electrons. The van der Waals surface area contributed by atoms with Gasteiger partial charge in [0.05, 0.1) is 14.7 Å². The largest absolute Gasteiger partial charge is 0.369 e. The maximum absolute atomic E-state index is 6.09. The maximum Gasteiger partial charge on any atom is 0.172 e. The molecule has 2 aromatic heterocycles. The van der Waals surface area contributed by atoms with Gasteiger partial charge < -0.3 is 5.32 Å². The van der Waals surface area contributed by atoms with Crippen LogP contribution in [0.2, 0.25) is 9.36 Å². The highest BCUT2D eigenvalue weighted by Gasteiger charge is 2.11. The minimum absolute atomic E-state index is 0.678. The molecule has 0 atom stereocenters. The van der Waals surface area contributed by atoms with Crippen molar-refractivity contribution in [1.29, 1.82) is 0 Å². The molecule has 3 rings (SSSR count). The first kappa shape index (κ1) is 14.6. The lowest BCUT2D eigenvalue weighted by Crippen LogP contribution is -2.04. The SMILES string of the molecule is CCCNc1nc(-c2ccc(Cl)s2)nc2ccc(Cl)cc12. The van der Waals surface area contributed by atoms with Gasteiger partial charge in [-0.25, -0.2) is 9.97 Å². The number of aromatic nitrogens is 2. The number of anilines is 1. The Morgan fingerprint density at radius 1 is 1.14 bits per heavy atom. The number of nitrogens with one attached hydrogen (secondary N) is 1. The molecule has 0 spiro atoms. The highest BCUT2D eigenvalue weighted by molar-refractivity contribution is 7.19. The van der Waals surface area contributed by atoms with Gasteiger partial charge in [-0.15, -0.1) is 11.3 Å². The van der Waals surface area contributed by atoms with Gasteiger partial charge >= 0.3 is 0 Å². The summed E-state index contributed by atoms with van der Waals surface area (Å²) in [5, 5.41) is 4.95. The Hall–Kier alpha value is -1.36. The van der Waals surface area contributed by atoms with Gasteiger partial charge in [-0.2, -0.15) is 0 Å². The first-order valence-corrected chi connectivity index (χ1v) is 8.21. The molecule has 0 unspecified atom stereocenters. The van der Waals surface area contributed by atoms with Crippen molar-refractivity contribution in [2.75, 3.05) is 11.9 Å². The van der Waals surface area contributed by atoms with Crippen molar-refractivity contribution in [2.45, 2.75) is 13.3 Å². The third-order valence-electron chi connectivity index (χ3n) is 2.99. The zero-order valence-corrected chi connectivity index (χ0v) is 13.7. The standard InChI is InChI=1S/C15H13Cl2N3S/c1-2-7-18-14-10-8-9(16)3-4-11(10)19-15(20-14)12-5-6-13(17)21-12/h3-6,8H,2,7H2,1H3,(H,18,19,20). The average Bonchev–Trinajstić information content (AvgIpc) is 2.91. The van der Waals surface area contributed by atoms with E-state index in [4.69, 9.17) is 23.2 Å². The Morgan fingerprint density at radius 2 is 2.00 bits per heavy atom. The summed E-state index contributed by atoms with van der Waals surface area (Å²) in [6.07, 6.45) is 1.02. The summed E-state index contributed by atoms with van der Waals surface area (Å²) in [7, 11) is 0. The Labute approximate surface area is 137 Å². The molecule has 0 radical (unpaired) electrons. The van der Waals surface area contributed by atoms with Gasteiger partial charge in [-0.3, -0.25) is 0 Å². The fourth-order valence-electron chi connectivity index (χ4n) is 2.02. The van der Waals surface area contributed by atoms with E-state index in [0.29, 0.717) is 10.8 Å². The Balaban J connectivity index is 2.16. The molecule has 2 heterocycles. The topological polar surface area (TPSA) is 37.8 Å². The quantitative estimate of drug-likeness (QED) is 0.684. The Kier molecular flexibility index (Phi) is 4.29. The monoisotopic (exact) mass is 337 g/mol. The van der Waals surface area contributed by atoms with Crippen molar-refractivity contribution in [2.24, 2.45) is 0 Å². The van der Waals surface area contributed by atoms with E-state index in [9.17, 15) is 0 Å². The van der Waals surface area contributed by atoms with Gasteiger partial charge in [0, 0.05) is 17.0 Å². The number of benzene rings is 1. The normalized spacial score (nSPS) is 11.0. The summed E-state index contributed by atoms with van der Waals surface area (Å²) in [6.45, 7) is 2.96. The summed E-state index contributed by atoms with van der Waals surface area (Å²) < 4.78 is 0.730. The van der Waals surface area contributed by atoms with Crippen molar-refractivity contribution in [1.82, 2.24) is 9.97 Å². The average molecular weight is 338 g/mol. The molecule has 1 N–H and O–H groups in total. The zero-order valence-electron chi connectivity index (χ0n) is 11.4. The number of thiophene rings is 1. The van der Waals surface area contributed by atoms with Crippen LogP contribution in [0.1, 0.15) is 13.3 Å². The zero-order chi connectivity index (χ0) is 14.8. The van der Waals surface area contributed by atoms with Gasteiger partial charge in [-0.05, 0) is 36.8 Å². The van der Waals surface area contributed by atoms with E-state index in [0.717, 1.165) is 38.9 Å². The van der Waals surface area contributed by atoms with Gasteiger partial charge in [0.25, 0.3) is 0 Å². The van der Waals surface area contributed by atoms with Crippen molar-refractivity contribution >= 4 is 51.3 Å². The predicted octanol–water partition coefficient (Wildman–Crippen LogP) is 5.49. The highest BCUT2D eigenvalue weighted by Crippen LogP contribution is 2.32. The summed E-state index contributed by atoms with van der Waals surface area (Å²) in [5.74, 6) is 1.49. The molecule has 0 saturated heterocycles. The molecule has 0 fully saturated rings. The van der Waals surface area contributed by atoms with Crippen molar-refractivity contribution in [3.05, 3.63) is 39.7 Å². The third kappa shape index (κ3) is 3.12. The molecule has 0 amide bonds. The maximum atomic E-state index is 6.09. The van der Waals surface area contributed by atoms with Gasteiger partial charge in [0.15, 0.2) is 5.82 Å². The molecule has 6 heteroatoms. The molecule has 0 bridgehead atoms. The van der Waals surface area contributed by atoms with E-state index in [2.05, 4.69) is 22.2 Å². The molecule has 21 heavy (non-hydrogen) atoms. The van der Waals surface area contributed by atoms with Crippen molar-refractivity contribution in [3.8, 4) is 10.7 Å². The molecule has 0 aliphatic heterocycles.